The third-order valence-corrected chi connectivity index (χ3v) is 2.45. The molecule has 1 aromatic rings. The Morgan fingerprint density at radius 3 is 2.43 bits per heavy atom. The summed E-state index contributed by atoms with van der Waals surface area (Å²) in [5, 5.41) is 0.783. The molecule has 0 N–H and O–H groups in total. The fourth-order valence-electron chi connectivity index (χ4n) is 1.21. The fourth-order valence-corrected chi connectivity index (χ4v) is 1.32. The Kier molecular flexibility index (Phi) is 3.73. The summed E-state index contributed by atoms with van der Waals surface area (Å²) in [7, 11) is 0. The summed E-state index contributed by atoms with van der Waals surface area (Å²) in [5.41, 5.74) is 2.94. The highest BCUT2D eigenvalue weighted by atomic mass is 35.5. The molecule has 0 saturated carbocycles. The molecule has 0 unspecified atom stereocenters. The van der Waals surface area contributed by atoms with Gasteiger partial charge in [-0.2, -0.15) is 0 Å². The zero-order valence-electron chi connectivity index (χ0n) is 8.23. The van der Waals surface area contributed by atoms with Crippen LogP contribution in [0.3, 0.4) is 0 Å². The first-order valence-electron chi connectivity index (χ1n) is 4.34. The topological polar surface area (TPSA) is 17.1 Å². The molecule has 2 heteroatoms. The lowest BCUT2D eigenvalue weighted by Gasteiger charge is -2.02. The molecule has 1 nitrogen and oxygen atoms in total. The van der Waals surface area contributed by atoms with Crippen molar-refractivity contribution in [3.63, 3.8) is 0 Å². The summed E-state index contributed by atoms with van der Waals surface area (Å²) < 4.78 is 0. The summed E-state index contributed by atoms with van der Waals surface area (Å²) in [6.07, 6.45) is 1.07. The van der Waals surface area contributed by atoms with Gasteiger partial charge in [0.2, 0.25) is 0 Å². The Labute approximate surface area is 89.1 Å². The van der Waals surface area contributed by atoms with E-state index in [9.17, 15) is 4.79 Å². The maximum Gasteiger partial charge on any atom is 0.131 e. The van der Waals surface area contributed by atoms with Gasteiger partial charge in [0.15, 0.2) is 0 Å². The number of benzene rings is 1. The zero-order chi connectivity index (χ0) is 10.6. The summed E-state index contributed by atoms with van der Waals surface area (Å²) in [5.74, 6) is 5.68. The van der Waals surface area contributed by atoms with Gasteiger partial charge >= 0.3 is 0 Å². The monoisotopic (exact) mass is 206 g/mol. The van der Waals surface area contributed by atoms with Gasteiger partial charge in [0.05, 0.1) is 6.42 Å². The molecule has 0 atom stereocenters. The maximum absolute atomic E-state index is 10.1. The highest BCUT2D eigenvalue weighted by Crippen LogP contribution is 2.21. The summed E-state index contributed by atoms with van der Waals surface area (Å²) >= 11 is 6.01. The molecule has 0 aliphatic carbocycles. The van der Waals surface area contributed by atoms with Crippen molar-refractivity contribution >= 4 is 17.9 Å². The molecular formula is C12H11ClO. The van der Waals surface area contributed by atoms with Crippen LogP contribution in [0.25, 0.3) is 0 Å². The highest BCUT2D eigenvalue weighted by molar-refractivity contribution is 6.32. The molecule has 0 aliphatic rings. The lowest BCUT2D eigenvalue weighted by molar-refractivity contribution is -0.107. The predicted octanol–water partition coefficient (Wildman–Crippen LogP) is 2.90. The summed E-state index contributed by atoms with van der Waals surface area (Å²) in [6.45, 7) is 3.89. The van der Waals surface area contributed by atoms with Crippen molar-refractivity contribution in [1.29, 1.82) is 0 Å². The second kappa shape index (κ2) is 4.83. The molecule has 72 valence electrons. The van der Waals surface area contributed by atoms with Gasteiger partial charge in [0.25, 0.3) is 0 Å². The maximum atomic E-state index is 10.1. The minimum absolute atomic E-state index is 0.278. The van der Waals surface area contributed by atoms with Crippen LogP contribution in [0.4, 0.5) is 0 Å². The summed E-state index contributed by atoms with van der Waals surface area (Å²) in [6, 6.07) is 3.85. The Morgan fingerprint density at radius 1 is 1.36 bits per heavy atom. The number of hydrogen-bond acceptors (Lipinski definition) is 1. The van der Waals surface area contributed by atoms with Gasteiger partial charge in [-0.05, 0) is 37.1 Å². The number of carbonyl (C=O) groups excluding carboxylic acids is 1. The zero-order valence-corrected chi connectivity index (χ0v) is 8.98. The van der Waals surface area contributed by atoms with E-state index in [1.807, 2.05) is 26.0 Å². The second-order valence-electron chi connectivity index (χ2n) is 3.10. The standard InChI is InChI=1S/C12H11ClO/c1-9-7-11(5-3-4-6-14)8-10(2)12(9)13/h6-8H,4H2,1-2H3. The number of hydrogen-bond donors (Lipinski definition) is 0. The molecule has 0 aromatic heterocycles. The normalized spacial score (nSPS) is 9.07. The molecule has 0 amide bonds. The largest absolute Gasteiger partial charge is 0.302 e. The smallest absolute Gasteiger partial charge is 0.131 e. The number of aryl methyl sites for hydroxylation is 2. The van der Waals surface area contributed by atoms with Crippen LogP contribution in [0.5, 0.6) is 0 Å². The van der Waals surface area contributed by atoms with Crippen LogP contribution in [0.1, 0.15) is 23.1 Å². The Bertz CT molecular complexity index is 387. The Morgan fingerprint density at radius 2 is 1.93 bits per heavy atom. The van der Waals surface area contributed by atoms with E-state index in [1.54, 1.807) is 0 Å². The lowest BCUT2D eigenvalue weighted by atomic mass is 10.1. The number of aldehydes is 1. The minimum Gasteiger partial charge on any atom is -0.302 e. The molecular weight excluding hydrogens is 196 g/mol. The van der Waals surface area contributed by atoms with Crippen molar-refractivity contribution in [2.75, 3.05) is 0 Å². The second-order valence-corrected chi connectivity index (χ2v) is 3.47. The number of halogens is 1. The van der Waals surface area contributed by atoms with Crippen LogP contribution < -0.4 is 0 Å². The van der Waals surface area contributed by atoms with E-state index in [0.717, 1.165) is 28.0 Å². The van der Waals surface area contributed by atoms with E-state index >= 15 is 0 Å². The van der Waals surface area contributed by atoms with E-state index in [-0.39, 0.29) is 6.42 Å². The van der Waals surface area contributed by atoms with Gasteiger partial charge in [0, 0.05) is 10.6 Å². The van der Waals surface area contributed by atoms with E-state index < -0.39 is 0 Å². The van der Waals surface area contributed by atoms with Gasteiger partial charge in [0.1, 0.15) is 6.29 Å². The van der Waals surface area contributed by atoms with Crippen LogP contribution in [-0.4, -0.2) is 6.29 Å². The highest BCUT2D eigenvalue weighted by Gasteiger charge is 2.00. The lowest BCUT2D eigenvalue weighted by Crippen LogP contribution is -1.84. The van der Waals surface area contributed by atoms with E-state index in [4.69, 9.17) is 11.6 Å². The van der Waals surface area contributed by atoms with Crippen molar-refractivity contribution in [2.24, 2.45) is 0 Å². The van der Waals surface area contributed by atoms with Gasteiger partial charge in [-0.25, -0.2) is 0 Å². The molecule has 1 aromatic carbocycles. The molecule has 1 rings (SSSR count). The molecule has 0 aliphatic heterocycles. The SMILES string of the molecule is Cc1cc(C#CCC=O)cc(C)c1Cl. The predicted molar refractivity (Wildman–Crippen MR) is 58.5 cm³/mol. The average Bonchev–Trinajstić information content (AvgIpc) is 2.14. The van der Waals surface area contributed by atoms with Crippen LogP contribution in [-0.2, 0) is 4.79 Å². The van der Waals surface area contributed by atoms with Gasteiger partial charge < -0.3 is 4.79 Å². The first-order chi connectivity index (χ1) is 6.65. The number of carbonyl (C=O) groups is 1. The summed E-state index contributed by atoms with van der Waals surface area (Å²) in [4.78, 5) is 10.1. The minimum atomic E-state index is 0.278. The first kappa shape index (κ1) is 10.8. The van der Waals surface area contributed by atoms with Crippen molar-refractivity contribution in [2.45, 2.75) is 20.3 Å². The van der Waals surface area contributed by atoms with E-state index in [2.05, 4.69) is 11.8 Å². The van der Waals surface area contributed by atoms with Crippen molar-refractivity contribution < 1.29 is 4.79 Å². The van der Waals surface area contributed by atoms with Crippen molar-refractivity contribution in [1.82, 2.24) is 0 Å². The average molecular weight is 207 g/mol. The van der Waals surface area contributed by atoms with Crippen LogP contribution in [0.2, 0.25) is 5.02 Å². The molecule has 0 heterocycles. The van der Waals surface area contributed by atoms with Gasteiger partial charge in [-0.15, -0.1) is 0 Å². The van der Waals surface area contributed by atoms with E-state index in [1.165, 1.54) is 0 Å². The molecule has 0 radical (unpaired) electrons. The Balaban J connectivity index is 3.02. The van der Waals surface area contributed by atoms with Crippen molar-refractivity contribution in [3.8, 4) is 11.8 Å². The molecule has 0 fully saturated rings. The van der Waals surface area contributed by atoms with Crippen LogP contribution in [0.15, 0.2) is 12.1 Å². The molecule has 0 saturated heterocycles. The molecule has 14 heavy (non-hydrogen) atoms. The quantitative estimate of drug-likeness (QED) is 0.510. The fraction of sp³-hybridized carbons (Fsp3) is 0.250. The van der Waals surface area contributed by atoms with Crippen LogP contribution >= 0.6 is 11.6 Å². The third kappa shape index (κ3) is 2.61. The molecule has 0 bridgehead atoms. The van der Waals surface area contributed by atoms with Crippen LogP contribution in [0, 0.1) is 25.7 Å². The number of rotatable bonds is 1. The van der Waals surface area contributed by atoms with E-state index in [0.29, 0.717) is 0 Å². The van der Waals surface area contributed by atoms with Gasteiger partial charge in [-0.1, -0.05) is 23.4 Å². The van der Waals surface area contributed by atoms with Gasteiger partial charge in [-0.3, -0.25) is 0 Å². The first-order valence-corrected chi connectivity index (χ1v) is 4.72. The Hall–Kier alpha value is -1.26. The third-order valence-electron chi connectivity index (χ3n) is 1.85. The molecule has 0 spiro atoms. The van der Waals surface area contributed by atoms with Crippen molar-refractivity contribution in [3.05, 3.63) is 33.8 Å².